The predicted octanol–water partition coefficient (Wildman–Crippen LogP) is 4.94. The summed E-state index contributed by atoms with van der Waals surface area (Å²) < 4.78 is 7.75. The highest BCUT2D eigenvalue weighted by Gasteiger charge is 2.15. The Hall–Kier alpha value is -0.550. The molecule has 0 aliphatic carbocycles. The van der Waals surface area contributed by atoms with E-state index in [0.29, 0.717) is 11.6 Å². The normalized spacial score (nSPS) is 12.2. The van der Waals surface area contributed by atoms with Crippen molar-refractivity contribution in [3.05, 3.63) is 62.0 Å². The fourth-order valence-corrected chi connectivity index (χ4v) is 3.02. The van der Waals surface area contributed by atoms with Gasteiger partial charge >= 0.3 is 0 Å². The zero-order valence-corrected chi connectivity index (χ0v) is 13.9. The Balaban J connectivity index is 2.27. The van der Waals surface area contributed by atoms with E-state index in [1.165, 1.54) is 0 Å². The van der Waals surface area contributed by atoms with Gasteiger partial charge in [0.05, 0.1) is 4.47 Å². The quantitative estimate of drug-likeness (QED) is 0.782. The van der Waals surface area contributed by atoms with Gasteiger partial charge in [-0.2, -0.15) is 0 Å². The van der Waals surface area contributed by atoms with Crippen LogP contribution in [0, 0.1) is 0 Å². The van der Waals surface area contributed by atoms with E-state index in [2.05, 4.69) is 31.9 Å². The molecule has 0 aromatic heterocycles. The SMILES string of the molecule is NCC(Oc1ccc(Cl)cc1Br)c1ccccc1Br. The van der Waals surface area contributed by atoms with Gasteiger partial charge in [-0.25, -0.2) is 0 Å². The zero-order valence-electron chi connectivity index (χ0n) is 9.95. The van der Waals surface area contributed by atoms with Gasteiger partial charge in [-0.15, -0.1) is 0 Å². The molecule has 0 spiro atoms. The second-order valence-electron chi connectivity index (χ2n) is 3.94. The summed E-state index contributed by atoms with van der Waals surface area (Å²) in [5.41, 5.74) is 6.83. The fraction of sp³-hybridized carbons (Fsp3) is 0.143. The molecule has 2 rings (SSSR count). The third-order valence-electron chi connectivity index (χ3n) is 2.63. The van der Waals surface area contributed by atoms with Crippen molar-refractivity contribution in [3.63, 3.8) is 0 Å². The van der Waals surface area contributed by atoms with Gasteiger partial charge in [-0.1, -0.05) is 45.7 Å². The van der Waals surface area contributed by atoms with E-state index in [1.807, 2.05) is 30.3 Å². The second kappa shape index (κ2) is 6.75. The van der Waals surface area contributed by atoms with Gasteiger partial charge in [-0.3, -0.25) is 0 Å². The van der Waals surface area contributed by atoms with Crippen molar-refractivity contribution < 1.29 is 4.74 Å². The average molecular weight is 406 g/mol. The molecule has 0 aliphatic rings. The number of rotatable bonds is 4. The van der Waals surface area contributed by atoms with Gasteiger partial charge in [0, 0.05) is 21.6 Å². The first-order valence-corrected chi connectivity index (χ1v) is 7.64. The molecule has 0 bridgehead atoms. The summed E-state index contributed by atoms with van der Waals surface area (Å²) in [6.45, 7) is 0.387. The van der Waals surface area contributed by atoms with Crippen molar-refractivity contribution >= 4 is 43.5 Å². The number of hydrogen-bond acceptors (Lipinski definition) is 2. The molecule has 2 aromatic carbocycles. The van der Waals surface area contributed by atoms with Crippen LogP contribution in [0.2, 0.25) is 5.02 Å². The van der Waals surface area contributed by atoms with Crippen molar-refractivity contribution in [1.29, 1.82) is 0 Å². The molecule has 2 N–H and O–H groups in total. The van der Waals surface area contributed by atoms with Gasteiger partial charge in [0.1, 0.15) is 11.9 Å². The third-order valence-corrected chi connectivity index (χ3v) is 4.21. The summed E-state index contributed by atoms with van der Waals surface area (Å²) >= 11 is 12.9. The molecule has 0 saturated heterocycles. The molecule has 0 amide bonds. The van der Waals surface area contributed by atoms with E-state index < -0.39 is 0 Å². The predicted molar refractivity (Wildman–Crippen MR) is 85.7 cm³/mol. The second-order valence-corrected chi connectivity index (χ2v) is 6.08. The lowest BCUT2D eigenvalue weighted by atomic mass is 10.1. The van der Waals surface area contributed by atoms with Crippen molar-refractivity contribution in [3.8, 4) is 5.75 Å². The van der Waals surface area contributed by atoms with Gasteiger partial charge < -0.3 is 10.5 Å². The number of benzene rings is 2. The van der Waals surface area contributed by atoms with E-state index in [0.717, 1.165) is 20.3 Å². The Morgan fingerprint density at radius 3 is 2.47 bits per heavy atom. The summed E-state index contributed by atoms with van der Waals surface area (Å²) in [6.07, 6.45) is -0.215. The van der Waals surface area contributed by atoms with E-state index in [1.54, 1.807) is 12.1 Å². The standard InChI is InChI=1S/C14H12Br2ClNO/c15-11-4-2-1-3-10(11)14(8-18)19-13-6-5-9(17)7-12(13)16/h1-7,14H,8,18H2. The number of nitrogens with two attached hydrogens (primary N) is 1. The van der Waals surface area contributed by atoms with E-state index >= 15 is 0 Å². The summed E-state index contributed by atoms with van der Waals surface area (Å²) in [7, 11) is 0. The molecule has 0 saturated carbocycles. The first-order valence-electron chi connectivity index (χ1n) is 5.68. The Morgan fingerprint density at radius 1 is 1.11 bits per heavy atom. The molecular weight excluding hydrogens is 393 g/mol. The Morgan fingerprint density at radius 2 is 1.84 bits per heavy atom. The van der Waals surface area contributed by atoms with Gasteiger partial charge in [0.15, 0.2) is 0 Å². The van der Waals surface area contributed by atoms with Crippen LogP contribution in [0.5, 0.6) is 5.75 Å². The molecule has 0 radical (unpaired) electrons. The van der Waals surface area contributed by atoms with Crippen molar-refractivity contribution in [2.24, 2.45) is 5.73 Å². The summed E-state index contributed by atoms with van der Waals surface area (Å²) in [5, 5.41) is 0.657. The first-order chi connectivity index (χ1) is 9.11. The zero-order chi connectivity index (χ0) is 13.8. The Kier molecular flexibility index (Phi) is 5.28. The fourth-order valence-electron chi connectivity index (χ4n) is 1.70. The highest BCUT2D eigenvalue weighted by molar-refractivity contribution is 9.10. The minimum absolute atomic E-state index is 0.215. The molecule has 5 heteroatoms. The van der Waals surface area contributed by atoms with Gasteiger partial charge in [0.25, 0.3) is 0 Å². The van der Waals surface area contributed by atoms with Crippen molar-refractivity contribution in [1.82, 2.24) is 0 Å². The minimum Gasteiger partial charge on any atom is -0.483 e. The largest absolute Gasteiger partial charge is 0.483 e. The van der Waals surface area contributed by atoms with Crippen molar-refractivity contribution in [2.45, 2.75) is 6.10 Å². The number of ether oxygens (including phenoxy) is 1. The lowest BCUT2D eigenvalue weighted by Gasteiger charge is -2.20. The van der Waals surface area contributed by atoms with Crippen LogP contribution in [0.15, 0.2) is 51.4 Å². The number of hydrogen-bond donors (Lipinski definition) is 1. The molecule has 2 aromatic rings. The molecule has 0 heterocycles. The van der Waals surface area contributed by atoms with Gasteiger partial charge in [-0.05, 0) is 40.2 Å². The molecule has 19 heavy (non-hydrogen) atoms. The first kappa shape index (κ1) is 14.9. The maximum atomic E-state index is 5.96. The maximum absolute atomic E-state index is 5.96. The van der Waals surface area contributed by atoms with Crippen LogP contribution in [-0.4, -0.2) is 6.54 Å². The molecule has 0 fully saturated rings. The van der Waals surface area contributed by atoms with Crippen LogP contribution < -0.4 is 10.5 Å². The molecular formula is C14H12Br2ClNO. The molecule has 2 nitrogen and oxygen atoms in total. The van der Waals surface area contributed by atoms with Crippen LogP contribution >= 0.6 is 43.5 Å². The summed E-state index contributed by atoms with van der Waals surface area (Å²) in [4.78, 5) is 0. The number of halogens is 3. The van der Waals surface area contributed by atoms with Crippen LogP contribution in [0.4, 0.5) is 0 Å². The minimum atomic E-state index is -0.215. The maximum Gasteiger partial charge on any atom is 0.137 e. The highest BCUT2D eigenvalue weighted by atomic mass is 79.9. The van der Waals surface area contributed by atoms with Crippen LogP contribution in [0.1, 0.15) is 11.7 Å². The van der Waals surface area contributed by atoms with Crippen LogP contribution in [0.25, 0.3) is 0 Å². The molecule has 1 atom stereocenters. The average Bonchev–Trinajstić information content (AvgIpc) is 2.39. The molecule has 1 unspecified atom stereocenters. The summed E-state index contributed by atoms with van der Waals surface area (Å²) in [5.74, 6) is 0.718. The van der Waals surface area contributed by atoms with Gasteiger partial charge in [0.2, 0.25) is 0 Å². The summed E-state index contributed by atoms with van der Waals surface area (Å²) in [6, 6.07) is 13.3. The highest BCUT2D eigenvalue weighted by Crippen LogP contribution is 2.33. The van der Waals surface area contributed by atoms with Crippen LogP contribution in [0.3, 0.4) is 0 Å². The lowest BCUT2D eigenvalue weighted by Crippen LogP contribution is -2.19. The van der Waals surface area contributed by atoms with E-state index in [-0.39, 0.29) is 6.10 Å². The Labute approximate surface area is 134 Å². The Bertz CT molecular complexity index is 577. The van der Waals surface area contributed by atoms with Crippen LogP contribution in [-0.2, 0) is 0 Å². The van der Waals surface area contributed by atoms with E-state index in [9.17, 15) is 0 Å². The molecule has 0 aliphatic heterocycles. The van der Waals surface area contributed by atoms with E-state index in [4.69, 9.17) is 22.1 Å². The molecule has 100 valence electrons. The third kappa shape index (κ3) is 3.72. The topological polar surface area (TPSA) is 35.2 Å². The monoisotopic (exact) mass is 403 g/mol. The van der Waals surface area contributed by atoms with Crippen molar-refractivity contribution in [2.75, 3.05) is 6.54 Å². The smallest absolute Gasteiger partial charge is 0.137 e. The lowest BCUT2D eigenvalue weighted by molar-refractivity contribution is 0.212.